The van der Waals surface area contributed by atoms with Gasteiger partial charge in [-0.05, 0) is 25.0 Å². The average Bonchev–Trinajstić information content (AvgIpc) is 3.44. The van der Waals surface area contributed by atoms with Crippen LogP contribution in [0.3, 0.4) is 0 Å². The molecule has 1 aliphatic heterocycles. The summed E-state index contributed by atoms with van der Waals surface area (Å²) >= 11 is 0. The number of urea groups is 1. The fourth-order valence-electron chi connectivity index (χ4n) is 3.86. The van der Waals surface area contributed by atoms with Gasteiger partial charge in [0.15, 0.2) is 0 Å². The monoisotopic (exact) mass is 483 g/mol. The standard InChI is InChI=1S/C23H25N5O7/c1-4-5-7-12-17(18-13(33-2)8-6-9-14(18)34-3)20(30)19(21(31)25-12)22-27-26-15(35-22)11-28-16(29)10-24-23(28)32/h6,8-9H,4-5,7,10-11H2,1-3H3,(H,24,32)(H2,25,30,31). The van der Waals surface area contributed by atoms with Gasteiger partial charge in [0.25, 0.3) is 11.8 Å². The first kappa shape index (κ1) is 23.8. The van der Waals surface area contributed by atoms with Crippen molar-refractivity contribution in [3.05, 3.63) is 29.8 Å². The van der Waals surface area contributed by atoms with Crippen LogP contribution < -0.4 is 14.8 Å². The van der Waals surface area contributed by atoms with Crippen LogP contribution in [0.1, 0.15) is 31.4 Å². The van der Waals surface area contributed by atoms with Gasteiger partial charge in [-0.2, -0.15) is 0 Å². The Morgan fingerprint density at radius 3 is 2.40 bits per heavy atom. The van der Waals surface area contributed by atoms with Gasteiger partial charge in [-0.25, -0.2) is 9.78 Å². The van der Waals surface area contributed by atoms with Crippen LogP contribution in [-0.2, 0) is 17.8 Å². The molecule has 3 aromatic rings. The van der Waals surface area contributed by atoms with Gasteiger partial charge in [0, 0.05) is 0 Å². The summed E-state index contributed by atoms with van der Waals surface area (Å²) in [6.07, 6.45) is 2.09. The number of imide groups is 1. The summed E-state index contributed by atoms with van der Waals surface area (Å²) < 4.78 is 16.6. The molecule has 3 N–H and O–H groups in total. The lowest BCUT2D eigenvalue weighted by Crippen LogP contribution is -2.30. The number of carbonyl (C=O) groups is 2. The van der Waals surface area contributed by atoms with E-state index in [1.54, 1.807) is 18.2 Å². The van der Waals surface area contributed by atoms with E-state index in [0.29, 0.717) is 34.7 Å². The average molecular weight is 483 g/mol. The van der Waals surface area contributed by atoms with Crippen LogP contribution in [0, 0.1) is 0 Å². The normalized spacial score (nSPS) is 13.3. The van der Waals surface area contributed by atoms with Crippen LogP contribution in [-0.4, -0.2) is 63.0 Å². The number of ether oxygens (including phenoxy) is 2. The second-order valence-electron chi connectivity index (χ2n) is 7.76. The molecule has 1 aromatic carbocycles. The second-order valence-corrected chi connectivity index (χ2v) is 7.76. The molecule has 1 aliphatic rings. The maximum atomic E-state index is 11.9. The van der Waals surface area contributed by atoms with Gasteiger partial charge < -0.3 is 29.4 Å². The van der Waals surface area contributed by atoms with Gasteiger partial charge in [0.1, 0.15) is 29.4 Å². The maximum absolute atomic E-state index is 11.9. The molecule has 0 atom stereocenters. The van der Waals surface area contributed by atoms with Crippen molar-refractivity contribution in [2.75, 3.05) is 20.8 Å². The van der Waals surface area contributed by atoms with Crippen LogP contribution in [0.2, 0.25) is 0 Å². The van der Waals surface area contributed by atoms with Crippen molar-refractivity contribution in [2.24, 2.45) is 0 Å². The Bertz CT molecular complexity index is 1240. The van der Waals surface area contributed by atoms with Crippen molar-refractivity contribution in [1.29, 1.82) is 0 Å². The highest BCUT2D eigenvalue weighted by Crippen LogP contribution is 2.49. The van der Waals surface area contributed by atoms with E-state index in [-0.39, 0.29) is 36.2 Å². The fraction of sp³-hybridized carbons (Fsp3) is 0.348. The molecule has 12 heteroatoms. The summed E-state index contributed by atoms with van der Waals surface area (Å²) in [5.41, 5.74) is 1.000. The number of pyridine rings is 1. The van der Waals surface area contributed by atoms with Gasteiger partial charge in [-0.1, -0.05) is 19.4 Å². The van der Waals surface area contributed by atoms with Gasteiger partial charge in [0.05, 0.1) is 37.6 Å². The first-order valence-corrected chi connectivity index (χ1v) is 11.0. The summed E-state index contributed by atoms with van der Waals surface area (Å²) in [5.74, 6) is -0.718. The molecule has 0 radical (unpaired) electrons. The third kappa shape index (κ3) is 4.42. The molecule has 35 heavy (non-hydrogen) atoms. The van der Waals surface area contributed by atoms with Crippen LogP contribution in [0.4, 0.5) is 4.79 Å². The number of benzene rings is 1. The lowest BCUT2D eigenvalue weighted by molar-refractivity contribution is -0.125. The molecule has 12 nitrogen and oxygen atoms in total. The third-order valence-electron chi connectivity index (χ3n) is 5.58. The minimum atomic E-state index is -0.576. The van der Waals surface area contributed by atoms with E-state index in [4.69, 9.17) is 13.9 Å². The minimum absolute atomic E-state index is 0.0596. The number of aromatic nitrogens is 3. The first-order chi connectivity index (χ1) is 16.9. The van der Waals surface area contributed by atoms with E-state index < -0.39 is 17.8 Å². The first-order valence-electron chi connectivity index (χ1n) is 11.0. The van der Waals surface area contributed by atoms with Crippen molar-refractivity contribution in [2.45, 2.75) is 32.7 Å². The SMILES string of the molecule is CCCCc1nc(O)c(-c2nnc(CN3C(=O)CNC3=O)o2)c(O)c1-c1c(OC)cccc1OC. The predicted octanol–water partition coefficient (Wildman–Crippen LogP) is 2.62. The number of nitrogens with one attached hydrogen (secondary N) is 1. The Hall–Kier alpha value is -4.35. The van der Waals surface area contributed by atoms with E-state index in [9.17, 15) is 19.8 Å². The number of amides is 3. The van der Waals surface area contributed by atoms with Crippen LogP contribution in [0.25, 0.3) is 22.6 Å². The number of rotatable bonds is 9. The van der Waals surface area contributed by atoms with Crippen molar-refractivity contribution >= 4 is 11.9 Å². The Morgan fingerprint density at radius 1 is 1.09 bits per heavy atom. The Kier molecular flexibility index (Phi) is 6.71. The Balaban J connectivity index is 1.85. The molecule has 1 fully saturated rings. The smallest absolute Gasteiger partial charge is 0.325 e. The summed E-state index contributed by atoms with van der Waals surface area (Å²) in [6, 6.07) is 4.61. The molecule has 4 rings (SSSR count). The fourth-order valence-corrected chi connectivity index (χ4v) is 3.86. The molecule has 0 spiro atoms. The summed E-state index contributed by atoms with van der Waals surface area (Å²) in [7, 11) is 2.99. The third-order valence-corrected chi connectivity index (χ3v) is 5.58. The Morgan fingerprint density at radius 2 is 1.80 bits per heavy atom. The lowest BCUT2D eigenvalue weighted by atomic mass is 9.95. The second kappa shape index (κ2) is 9.87. The highest BCUT2D eigenvalue weighted by molar-refractivity contribution is 6.01. The van der Waals surface area contributed by atoms with Gasteiger partial charge in [-0.3, -0.25) is 9.69 Å². The van der Waals surface area contributed by atoms with Crippen molar-refractivity contribution in [3.8, 4) is 45.7 Å². The van der Waals surface area contributed by atoms with Crippen molar-refractivity contribution in [1.82, 2.24) is 25.4 Å². The largest absolute Gasteiger partial charge is 0.506 e. The number of carbonyl (C=O) groups excluding carboxylic acids is 2. The minimum Gasteiger partial charge on any atom is -0.506 e. The number of hydrogen-bond donors (Lipinski definition) is 3. The maximum Gasteiger partial charge on any atom is 0.325 e. The van der Waals surface area contributed by atoms with E-state index >= 15 is 0 Å². The highest BCUT2D eigenvalue weighted by atomic mass is 16.5. The molecule has 3 heterocycles. The van der Waals surface area contributed by atoms with Gasteiger partial charge in [0.2, 0.25) is 11.8 Å². The van der Waals surface area contributed by atoms with Crippen LogP contribution >= 0.6 is 0 Å². The molecule has 0 aliphatic carbocycles. The molecule has 0 unspecified atom stereocenters. The molecule has 3 amide bonds. The zero-order chi connectivity index (χ0) is 25.1. The quantitative estimate of drug-likeness (QED) is 0.386. The van der Waals surface area contributed by atoms with E-state index in [1.165, 1.54) is 14.2 Å². The molecule has 0 saturated carbocycles. The van der Waals surface area contributed by atoms with Crippen LogP contribution in [0.5, 0.6) is 23.1 Å². The molecule has 184 valence electrons. The van der Waals surface area contributed by atoms with E-state index in [2.05, 4.69) is 20.5 Å². The number of methoxy groups -OCH3 is 2. The number of unbranched alkanes of at least 4 members (excludes halogenated alkanes) is 1. The van der Waals surface area contributed by atoms with Gasteiger partial charge in [-0.15, -0.1) is 10.2 Å². The van der Waals surface area contributed by atoms with E-state index in [0.717, 1.165) is 17.7 Å². The number of aromatic hydroxyl groups is 2. The number of aryl methyl sites for hydroxylation is 1. The Labute approximate surface area is 200 Å². The molecule has 1 saturated heterocycles. The van der Waals surface area contributed by atoms with Crippen molar-refractivity contribution in [3.63, 3.8) is 0 Å². The highest BCUT2D eigenvalue weighted by Gasteiger charge is 2.32. The van der Waals surface area contributed by atoms with Crippen LogP contribution in [0.15, 0.2) is 22.6 Å². The summed E-state index contributed by atoms with van der Waals surface area (Å²) in [6.45, 7) is 1.64. The molecular formula is C23H25N5O7. The zero-order valence-electron chi connectivity index (χ0n) is 19.5. The summed E-state index contributed by atoms with van der Waals surface area (Å²) in [5, 5.41) is 32.3. The molecular weight excluding hydrogens is 458 g/mol. The topological polar surface area (TPSA) is 160 Å². The molecule has 0 bridgehead atoms. The number of hydrogen-bond acceptors (Lipinski definition) is 10. The van der Waals surface area contributed by atoms with Gasteiger partial charge >= 0.3 is 6.03 Å². The van der Waals surface area contributed by atoms with E-state index in [1.807, 2.05) is 6.92 Å². The predicted molar refractivity (Wildman–Crippen MR) is 122 cm³/mol. The summed E-state index contributed by atoms with van der Waals surface area (Å²) in [4.78, 5) is 28.9. The number of nitrogens with zero attached hydrogens (tertiary/aromatic N) is 4. The zero-order valence-corrected chi connectivity index (χ0v) is 19.5. The lowest BCUT2D eigenvalue weighted by Gasteiger charge is -2.18. The molecule has 2 aromatic heterocycles. The van der Waals surface area contributed by atoms with Crippen molar-refractivity contribution < 1.29 is 33.7 Å².